The van der Waals surface area contributed by atoms with Gasteiger partial charge in [-0.2, -0.15) is 0 Å². The average molecular weight is 487 g/mol. The molecule has 182 valence electrons. The summed E-state index contributed by atoms with van der Waals surface area (Å²) in [5.41, 5.74) is 12.9. The summed E-state index contributed by atoms with van der Waals surface area (Å²) in [4.78, 5) is 0. The van der Waals surface area contributed by atoms with Crippen LogP contribution in [-0.4, -0.2) is 16.1 Å². The van der Waals surface area contributed by atoms with Crippen LogP contribution < -0.4 is 0 Å². The van der Waals surface area contributed by atoms with E-state index in [1.807, 2.05) is 24.3 Å². The van der Waals surface area contributed by atoms with Crippen molar-refractivity contribution in [2.24, 2.45) is 0 Å². The highest BCUT2D eigenvalue weighted by Crippen LogP contribution is 2.41. The van der Waals surface area contributed by atoms with Gasteiger partial charge in [-0.05, 0) is 75.1 Å². The van der Waals surface area contributed by atoms with Crippen molar-refractivity contribution in [3.63, 3.8) is 0 Å². The van der Waals surface area contributed by atoms with E-state index in [4.69, 9.17) is 0 Å². The Balaban J connectivity index is 3.20. The largest absolute Gasteiger partial charge is 0.147 e. The quantitative estimate of drug-likeness (QED) is 0.278. The zero-order chi connectivity index (χ0) is 26.1. The van der Waals surface area contributed by atoms with Crippen LogP contribution in [0, 0.1) is 46.6 Å². The summed E-state index contributed by atoms with van der Waals surface area (Å²) in [6.07, 6.45) is 0. The lowest BCUT2D eigenvalue weighted by Crippen LogP contribution is -2.43. The van der Waals surface area contributed by atoms with Crippen molar-refractivity contribution >= 4 is 16.1 Å². The molecule has 0 heterocycles. The molecule has 1 aromatic carbocycles. The Morgan fingerprint density at radius 1 is 0.471 bits per heavy atom. The number of hydrogen-bond donors (Lipinski definition) is 0. The van der Waals surface area contributed by atoms with Gasteiger partial charge in [0.05, 0.1) is 0 Å². The molecule has 0 aliphatic carbocycles. The fourth-order valence-electron chi connectivity index (χ4n) is 6.03. The van der Waals surface area contributed by atoms with E-state index in [1.54, 1.807) is 0 Å². The van der Waals surface area contributed by atoms with Crippen LogP contribution in [0.4, 0.5) is 0 Å². The second-order valence-electron chi connectivity index (χ2n) is 11.4. The van der Waals surface area contributed by atoms with Crippen LogP contribution in [0.25, 0.3) is 0 Å². The van der Waals surface area contributed by atoms with Gasteiger partial charge in [0.15, 0.2) is 0 Å². The Morgan fingerprint density at radius 3 is 1.03 bits per heavy atom. The van der Waals surface area contributed by atoms with Crippen molar-refractivity contribution in [1.82, 2.24) is 0 Å². The van der Waals surface area contributed by atoms with E-state index in [9.17, 15) is 0 Å². The smallest absolute Gasteiger partial charge is 0.116 e. The molecule has 0 nitrogen and oxygen atoms in total. The Morgan fingerprint density at radius 2 is 0.765 bits per heavy atom. The third-order valence-electron chi connectivity index (χ3n) is 7.69. The number of hydrogen-bond acceptors (Lipinski definition) is 0. The molecule has 0 amide bonds. The van der Waals surface area contributed by atoms with Gasteiger partial charge in [-0.15, -0.1) is 11.1 Å². The van der Waals surface area contributed by atoms with Crippen LogP contribution in [0.2, 0.25) is 33.2 Å². The van der Waals surface area contributed by atoms with Gasteiger partial charge in [-0.25, -0.2) is 0 Å². The van der Waals surface area contributed by atoms with Crippen LogP contribution in [0.1, 0.15) is 94.2 Å². The van der Waals surface area contributed by atoms with Crippen LogP contribution >= 0.6 is 0 Å². The molecule has 0 unspecified atom stereocenters. The Labute approximate surface area is 214 Å². The van der Waals surface area contributed by atoms with Crippen LogP contribution in [0.3, 0.4) is 0 Å². The summed E-state index contributed by atoms with van der Waals surface area (Å²) in [5.74, 6) is 19.2. The molecule has 0 aliphatic rings. The van der Waals surface area contributed by atoms with Crippen LogP contribution in [-0.2, 0) is 0 Å². The summed E-state index contributed by atoms with van der Waals surface area (Å²) in [5, 5.41) is 0. The SMILES string of the molecule is CC(C)[Si](C#CC#Cc1cccc(C#CC#C[Si](C(C)C)(C(C)C)C(C)C)c1)(C(C)C)C(C)C. The Kier molecular flexibility index (Phi) is 11.5. The molecule has 34 heavy (non-hydrogen) atoms. The predicted octanol–water partition coefficient (Wildman–Crippen LogP) is 8.83. The van der Waals surface area contributed by atoms with E-state index >= 15 is 0 Å². The first-order valence-electron chi connectivity index (χ1n) is 13.0. The van der Waals surface area contributed by atoms with Crippen LogP contribution in [0.15, 0.2) is 24.3 Å². The van der Waals surface area contributed by atoms with Crippen molar-refractivity contribution < 1.29 is 0 Å². The lowest BCUT2D eigenvalue weighted by Gasteiger charge is -2.37. The topological polar surface area (TPSA) is 0 Å². The van der Waals surface area contributed by atoms with E-state index in [-0.39, 0.29) is 0 Å². The molecular weight excluding hydrogens is 441 g/mol. The lowest BCUT2D eigenvalue weighted by atomic mass is 10.1. The van der Waals surface area contributed by atoms with Crippen molar-refractivity contribution in [3.05, 3.63) is 35.4 Å². The van der Waals surface area contributed by atoms with E-state index < -0.39 is 16.1 Å². The first-order chi connectivity index (χ1) is 15.8. The maximum Gasteiger partial charge on any atom is 0.147 e. The summed E-state index contributed by atoms with van der Waals surface area (Å²) in [7, 11) is -3.47. The van der Waals surface area contributed by atoms with Crippen molar-refractivity contribution in [2.75, 3.05) is 0 Å². The molecule has 0 N–H and O–H groups in total. The minimum Gasteiger partial charge on any atom is -0.116 e. The van der Waals surface area contributed by atoms with Crippen molar-refractivity contribution in [2.45, 2.75) is 116 Å². The molecule has 0 fully saturated rings. The van der Waals surface area contributed by atoms with Gasteiger partial charge in [0.1, 0.15) is 16.1 Å². The first-order valence-corrected chi connectivity index (χ1v) is 17.4. The Bertz CT molecular complexity index is 928. The summed E-state index contributed by atoms with van der Waals surface area (Å²) in [6, 6.07) is 8.11. The van der Waals surface area contributed by atoms with Gasteiger partial charge in [0.25, 0.3) is 0 Å². The maximum absolute atomic E-state index is 3.67. The van der Waals surface area contributed by atoms with Crippen LogP contribution in [0.5, 0.6) is 0 Å². The van der Waals surface area contributed by atoms with E-state index in [0.29, 0.717) is 33.2 Å². The number of rotatable bonds is 6. The zero-order valence-electron chi connectivity index (χ0n) is 23.8. The van der Waals surface area contributed by atoms with Gasteiger partial charge >= 0.3 is 0 Å². The molecule has 1 aromatic rings. The highest BCUT2D eigenvalue weighted by Gasteiger charge is 2.42. The lowest BCUT2D eigenvalue weighted by molar-refractivity contribution is 0.838. The third-order valence-corrected chi connectivity index (χ3v) is 20.3. The van der Waals surface area contributed by atoms with Gasteiger partial charge in [-0.1, -0.05) is 101 Å². The molecule has 0 saturated carbocycles. The summed E-state index contributed by atoms with van der Waals surface area (Å²) < 4.78 is 0. The summed E-state index contributed by atoms with van der Waals surface area (Å²) in [6.45, 7) is 27.9. The average Bonchev–Trinajstić information content (AvgIpc) is 2.72. The third kappa shape index (κ3) is 6.96. The fraction of sp³-hybridized carbons (Fsp3) is 0.562. The molecule has 0 atom stereocenters. The Hall–Kier alpha value is -2.11. The van der Waals surface area contributed by atoms with Gasteiger partial charge in [0.2, 0.25) is 0 Å². The highest BCUT2D eigenvalue weighted by atomic mass is 28.3. The maximum atomic E-state index is 3.67. The second kappa shape index (κ2) is 13.1. The molecule has 0 bridgehead atoms. The standard InChI is InChI=1S/C32H46Si2/c1-25(2)33(26(3)4,27(5)6)22-15-13-18-31-20-17-21-32(24-31)19-14-16-23-34(28(7)8,29(9)10)30(11)12/h17,20-21,24-30H,1-12H3. The second-order valence-corrected chi connectivity index (χ2v) is 22.5. The molecule has 2 heteroatoms. The van der Waals surface area contributed by atoms with Crippen molar-refractivity contribution in [3.8, 4) is 46.6 Å². The first kappa shape index (κ1) is 29.9. The monoisotopic (exact) mass is 486 g/mol. The summed E-state index contributed by atoms with van der Waals surface area (Å²) >= 11 is 0. The van der Waals surface area contributed by atoms with Crippen molar-refractivity contribution in [1.29, 1.82) is 0 Å². The molecule has 0 radical (unpaired) electrons. The van der Waals surface area contributed by atoms with E-state index in [1.165, 1.54) is 0 Å². The van der Waals surface area contributed by atoms with E-state index in [0.717, 1.165) is 11.1 Å². The number of benzene rings is 1. The highest BCUT2D eigenvalue weighted by molar-refractivity contribution is 6.91. The van der Waals surface area contributed by atoms with Gasteiger partial charge in [-0.3, -0.25) is 0 Å². The minimum atomic E-state index is -1.74. The minimum absolute atomic E-state index is 0.616. The molecule has 0 aliphatic heterocycles. The zero-order valence-corrected chi connectivity index (χ0v) is 25.8. The molecule has 0 spiro atoms. The van der Waals surface area contributed by atoms with Gasteiger partial charge < -0.3 is 0 Å². The molecule has 0 saturated heterocycles. The normalized spacial score (nSPS) is 11.6. The molecule has 0 aromatic heterocycles. The predicted molar refractivity (Wildman–Crippen MR) is 158 cm³/mol. The fourth-order valence-corrected chi connectivity index (χ4v) is 16.3. The molecule has 1 rings (SSSR count). The van der Waals surface area contributed by atoms with Gasteiger partial charge in [0, 0.05) is 11.1 Å². The van der Waals surface area contributed by atoms with E-state index in [2.05, 4.69) is 130 Å². The molecular formula is C32H46Si2.